The quantitative estimate of drug-likeness (QED) is 0.146. The third kappa shape index (κ3) is 7.97. The van der Waals surface area contributed by atoms with Crippen molar-refractivity contribution in [1.29, 1.82) is 0 Å². The van der Waals surface area contributed by atoms with Crippen LogP contribution < -0.4 is 0 Å². The fraction of sp³-hybridized carbons (Fsp3) is 0.667. The number of hydrogen-bond acceptors (Lipinski definition) is 9. The summed E-state index contributed by atoms with van der Waals surface area (Å²) in [5.74, 6) is -7.54. The van der Waals surface area contributed by atoms with Crippen LogP contribution >= 0.6 is 0 Å². The number of carboxylic acid groups (broad SMARTS) is 3. The van der Waals surface area contributed by atoms with Gasteiger partial charge in [0.05, 0.1) is 13.2 Å². The van der Waals surface area contributed by atoms with Gasteiger partial charge >= 0.3 is 17.9 Å². The van der Waals surface area contributed by atoms with E-state index in [4.69, 9.17) is 15.3 Å². The largest absolute Gasteiger partial charge is 0.481 e. The predicted molar refractivity (Wildman–Crippen MR) is 96.4 cm³/mol. The highest BCUT2D eigenvalue weighted by Crippen LogP contribution is 2.51. The summed E-state index contributed by atoms with van der Waals surface area (Å²) in [5.41, 5.74) is -3.89. The molecule has 0 unspecified atom stereocenters. The second-order valence-electron chi connectivity index (χ2n) is 7.21. The van der Waals surface area contributed by atoms with E-state index in [1.807, 2.05) is 0 Å². The molecule has 0 amide bonds. The van der Waals surface area contributed by atoms with Crippen LogP contribution in [0.15, 0.2) is 0 Å². The van der Waals surface area contributed by atoms with Crippen molar-refractivity contribution >= 4 is 35.3 Å². The molecule has 0 aliphatic heterocycles. The Morgan fingerprint density at radius 1 is 0.533 bits per heavy atom. The highest BCUT2D eigenvalue weighted by Gasteiger charge is 2.53. The Labute approximate surface area is 171 Å². The molecule has 0 spiro atoms. The molecule has 0 rings (SSSR count). The van der Waals surface area contributed by atoms with Gasteiger partial charge in [-0.3, -0.25) is 28.8 Å². The van der Waals surface area contributed by atoms with E-state index in [1.165, 1.54) is 0 Å². The van der Waals surface area contributed by atoms with Crippen LogP contribution in [0.1, 0.15) is 44.9 Å². The standard InChI is InChI=1S/C18H26O12/c19-2-1-17(9-20,10-21)18(6-11(22)3-14(25)26,7-12(23)4-15(27)28)8-13(24)5-16(29)30/h19-21H,1-10H2,(H,25,26)(H,27,28)(H,29,30). The van der Waals surface area contributed by atoms with Gasteiger partial charge in [-0.25, -0.2) is 0 Å². The van der Waals surface area contributed by atoms with Crippen LogP contribution in [0.25, 0.3) is 0 Å². The highest BCUT2D eigenvalue weighted by molar-refractivity contribution is 5.99. The molecule has 12 heteroatoms. The number of carbonyl (C=O) groups is 6. The fourth-order valence-electron chi connectivity index (χ4n) is 3.60. The summed E-state index contributed by atoms with van der Waals surface area (Å²) in [6.45, 7) is -2.58. The van der Waals surface area contributed by atoms with Crippen molar-refractivity contribution in [2.75, 3.05) is 19.8 Å². The van der Waals surface area contributed by atoms with Crippen molar-refractivity contribution in [2.24, 2.45) is 10.8 Å². The number of carbonyl (C=O) groups excluding carboxylic acids is 3. The SMILES string of the molecule is O=C(O)CC(=O)CC(CC(=O)CC(=O)O)(CC(=O)CC(=O)O)C(CO)(CO)CCO. The first-order valence-corrected chi connectivity index (χ1v) is 8.90. The van der Waals surface area contributed by atoms with Gasteiger partial charge < -0.3 is 30.6 Å². The van der Waals surface area contributed by atoms with E-state index in [1.54, 1.807) is 0 Å². The van der Waals surface area contributed by atoms with Crippen molar-refractivity contribution < 1.29 is 59.4 Å². The Kier molecular flexibility index (Phi) is 11.0. The minimum Gasteiger partial charge on any atom is -0.481 e. The molecule has 12 nitrogen and oxygen atoms in total. The molecule has 0 bridgehead atoms. The molecule has 30 heavy (non-hydrogen) atoms. The van der Waals surface area contributed by atoms with Crippen molar-refractivity contribution in [2.45, 2.75) is 44.9 Å². The van der Waals surface area contributed by atoms with E-state index in [0.717, 1.165) is 0 Å². The number of ketones is 3. The lowest BCUT2D eigenvalue weighted by Gasteiger charge is -2.48. The predicted octanol–water partition coefficient (Wildman–Crippen LogP) is -1.37. The van der Waals surface area contributed by atoms with E-state index in [9.17, 15) is 44.1 Å². The zero-order valence-corrected chi connectivity index (χ0v) is 16.2. The molecule has 0 saturated heterocycles. The van der Waals surface area contributed by atoms with Gasteiger partial charge in [0.1, 0.15) is 36.6 Å². The van der Waals surface area contributed by atoms with Gasteiger partial charge in [0.2, 0.25) is 0 Å². The summed E-state index contributed by atoms with van der Waals surface area (Å²) in [6.07, 6.45) is -6.00. The van der Waals surface area contributed by atoms with Crippen LogP contribution in [0.2, 0.25) is 0 Å². The Morgan fingerprint density at radius 2 is 0.833 bits per heavy atom. The molecule has 6 N–H and O–H groups in total. The topological polar surface area (TPSA) is 224 Å². The summed E-state index contributed by atoms with van der Waals surface area (Å²) in [5, 5.41) is 55.9. The summed E-state index contributed by atoms with van der Waals surface area (Å²) in [7, 11) is 0. The molecule has 170 valence electrons. The van der Waals surface area contributed by atoms with E-state index in [0.29, 0.717) is 0 Å². The molecule has 0 aliphatic carbocycles. The Balaban J connectivity index is 6.52. The van der Waals surface area contributed by atoms with Crippen molar-refractivity contribution in [1.82, 2.24) is 0 Å². The van der Waals surface area contributed by atoms with E-state index >= 15 is 0 Å². The van der Waals surface area contributed by atoms with Gasteiger partial charge in [-0.1, -0.05) is 0 Å². The van der Waals surface area contributed by atoms with Gasteiger partial charge in [0.25, 0.3) is 0 Å². The van der Waals surface area contributed by atoms with Crippen LogP contribution in [0.4, 0.5) is 0 Å². The summed E-state index contributed by atoms with van der Waals surface area (Å²) in [6, 6.07) is 0. The first-order chi connectivity index (χ1) is 13.9. The highest BCUT2D eigenvalue weighted by atomic mass is 16.4. The van der Waals surface area contributed by atoms with Gasteiger partial charge in [0.15, 0.2) is 0 Å². The Morgan fingerprint density at radius 3 is 1.03 bits per heavy atom. The van der Waals surface area contributed by atoms with Crippen LogP contribution in [0.5, 0.6) is 0 Å². The van der Waals surface area contributed by atoms with E-state index in [2.05, 4.69) is 0 Å². The summed E-state index contributed by atoms with van der Waals surface area (Å²) < 4.78 is 0. The number of carboxylic acids is 3. The average molecular weight is 434 g/mol. The van der Waals surface area contributed by atoms with E-state index in [-0.39, 0.29) is 0 Å². The second kappa shape index (κ2) is 12.1. The second-order valence-corrected chi connectivity index (χ2v) is 7.21. The molecule has 0 radical (unpaired) electrons. The minimum absolute atomic E-state index is 0.430. The number of aliphatic carboxylic acids is 3. The normalized spacial score (nSPS) is 11.7. The van der Waals surface area contributed by atoms with Crippen LogP contribution in [-0.4, -0.2) is 85.7 Å². The third-order valence-corrected chi connectivity index (χ3v) is 4.97. The number of Topliss-reactive ketones (excluding diaryl/α,β-unsaturated/α-hetero) is 3. The number of aliphatic hydroxyl groups is 3. The van der Waals surface area contributed by atoms with Crippen molar-refractivity contribution in [3.8, 4) is 0 Å². The number of rotatable bonds is 17. The van der Waals surface area contributed by atoms with Crippen LogP contribution in [0.3, 0.4) is 0 Å². The van der Waals surface area contributed by atoms with Crippen LogP contribution in [0, 0.1) is 10.8 Å². The smallest absolute Gasteiger partial charge is 0.310 e. The van der Waals surface area contributed by atoms with Crippen LogP contribution in [-0.2, 0) is 28.8 Å². The van der Waals surface area contributed by atoms with Gasteiger partial charge in [0, 0.05) is 36.7 Å². The molecule has 0 atom stereocenters. The average Bonchev–Trinajstić information content (AvgIpc) is 2.56. The zero-order valence-electron chi connectivity index (χ0n) is 16.2. The van der Waals surface area contributed by atoms with Gasteiger partial charge in [-0.2, -0.15) is 0 Å². The molecule has 0 fully saturated rings. The molecular formula is C18H26O12. The van der Waals surface area contributed by atoms with Crippen molar-refractivity contribution in [3.63, 3.8) is 0 Å². The lowest BCUT2D eigenvalue weighted by atomic mass is 9.55. The minimum atomic E-state index is -2.01. The van der Waals surface area contributed by atoms with Gasteiger partial charge in [-0.15, -0.1) is 0 Å². The number of aliphatic hydroxyl groups excluding tert-OH is 3. The molecule has 0 aromatic rings. The monoisotopic (exact) mass is 434 g/mol. The maximum atomic E-state index is 12.3. The lowest BCUT2D eigenvalue weighted by molar-refractivity contribution is -0.148. The molecule has 0 aromatic carbocycles. The third-order valence-electron chi connectivity index (χ3n) is 4.97. The Hall–Kier alpha value is -2.70. The van der Waals surface area contributed by atoms with E-state index < -0.39 is 111 Å². The molecule has 0 aromatic heterocycles. The first-order valence-electron chi connectivity index (χ1n) is 8.90. The lowest BCUT2D eigenvalue weighted by Crippen LogP contribution is -2.52. The molecule has 0 aliphatic rings. The first kappa shape index (κ1) is 27.3. The van der Waals surface area contributed by atoms with Gasteiger partial charge in [-0.05, 0) is 6.42 Å². The number of hydrogen-bond donors (Lipinski definition) is 6. The molecule has 0 saturated carbocycles. The zero-order chi connectivity index (χ0) is 23.5. The maximum absolute atomic E-state index is 12.3. The van der Waals surface area contributed by atoms with Crippen molar-refractivity contribution in [3.05, 3.63) is 0 Å². The molecule has 0 heterocycles. The summed E-state index contributed by atoms with van der Waals surface area (Å²) in [4.78, 5) is 69.6. The summed E-state index contributed by atoms with van der Waals surface area (Å²) >= 11 is 0. The fourth-order valence-corrected chi connectivity index (χ4v) is 3.60. The Bertz CT molecular complexity index is 603. The molecular weight excluding hydrogens is 408 g/mol. The maximum Gasteiger partial charge on any atom is 0.310 e.